The van der Waals surface area contributed by atoms with Crippen molar-refractivity contribution >= 4 is 43.7 Å². The predicted octanol–water partition coefficient (Wildman–Crippen LogP) is 13.2. The molecule has 56 heavy (non-hydrogen) atoms. The zero-order valence-corrected chi connectivity index (χ0v) is 30.2. The Morgan fingerprint density at radius 1 is 0.321 bits per heavy atom. The fraction of sp³-hybridized carbons (Fsp3) is 0. The number of aromatic nitrogens is 4. The normalized spacial score (nSPS) is 11.6. The summed E-state index contributed by atoms with van der Waals surface area (Å²) in [6.45, 7) is 0. The summed E-state index contributed by atoms with van der Waals surface area (Å²) >= 11 is 0. The summed E-state index contributed by atoms with van der Waals surface area (Å²) in [6, 6.07) is 67.5. The molecule has 0 unspecified atom stereocenters. The van der Waals surface area contributed by atoms with Crippen molar-refractivity contribution in [2.75, 3.05) is 0 Å². The van der Waals surface area contributed by atoms with E-state index in [1.165, 1.54) is 27.5 Å². The standard InChI is InChI=1S/C51H32N4O/c1-4-14-33(15-5-1)39-20-10-11-21-40(39)35-26-29-47-44(30-35)43-28-25-37(32-48(43)56-47)51-53-49(34-16-6-2-7-17-34)52-50(54-51)36-24-27-42-41-22-12-13-23-45(41)55(46(42)31-36)38-18-8-3-9-19-38/h1-32H. The summed E-state index contributed by atoms with van der Waals surface area (Å²) in [5.41, 5.74) is 12.3. The van der Waals surface area contributed by atoms with Gasteiger partial charge in [-0.2, -0.15) is 0 Å². The summed E-state index contributed by atoms with van der Waals surface area (Å²) in [4.78, 5) is 15.3. The molecule has 0 spiro atoms. The molecule has 0 aliphatic heterocycles. The van der Waals surface area contributed by atoms with Crippen molar-refractivity contribution in [2.24, 2.45) is 0 Å². The van der Waals surface area contributed by atoms with Gasteiger partial charge in [-0.15, -0.1) is 0 Å². The summed E-state index contributed by atoms with van der Waals surface area (Å²) < 4.78 is 8.82. The van der Waals surface area contributed by atoms with Gasteiger partial charge in [-0.05, 0) is 70.8 Å². The van der Waals surface area contributed by atoms with E-state index in [1.54, 1.807) is 0 Å². The Labute approximate surface area is 322 Å². The van der Waals surface area contributed by atoms with E-state index in [0.717, 1.165) is 60.9 Å². The lowest BCUT2D eigenvalue weighted by molar-refractivity contribution is 0.669. The molecule has 0 aliphatic rings. The average molecular weight is 717 g/mol. The molecule has 3 heterocycles. The maximum absolute atomic E-state index is 6.51. The van der Waals surface area contributed by atoms with Gasteiger partial charge in [-0.1, -0.05) is 146 Å². The molecule has 0 bridgehead atoms. The molecule has 0 saturated heterocycles. The van der Waals surface area contributed by atoms with Crippen molar-refractivity contribution in [1.82, 2.24) is 19.5 Å². The van der Waals surface area contributed by atoms with Crippen LogP contribution in [0.4, 0.5) is 0 Å². The van der Waals surface area contributed by atoms with Crippen LogP contribution in [0.5, 0.6) is 0 Å². The number of furan rings is 1. The minimum atomic E-state index is 0.581. The van der Waals surface area contributed by atoms with Gasteiger partial charge in [-0.25, -0.2) is 15.0 Å². The first-order valence-corrected chi connectivity index (χ1v) is 18.8. The molecular formula is C51H32N4O. The van der Waals surface area contributed by atoms with E-state index in [4.69, 9.17) is 19.4 Å². The third kappa shape index (κ3) is 5.37. The van der Waals surface area contributed by atoms with Crippen LogP contribution in [0.2, 0.25) is 0 Å². The topological polar surface area (TPSA) is 56.7 Å². The molecule has 11 rings (SSSR count). The highest BCUT2D eigenvalue weighted by Gasteiger charge is 2.18. The number of benzene rings is 8. The summed E-state index contributed by atoms with van der Waals surface area (Å²) in [6.07, 6.45) is 0. The minimum absolute atomic E-state index is 0.581. The lowest BCUT2D eigenvalue weighted by Crippen LogP contribution is -2.00. The number of para-hydroxylation sites is 2. The highest BCUT2D eigenvalue weighted by atomic mass is 16.3. The third-order valence-electron chi connectivity index (χ3n) is 10.7. The van der Waals surface area contributed by atoms with E-state index in [1.807, 2.05) is 36.4 Å². The Bertz CT molecular complexity index is 3240. The quantitative estimate of drug-likeness (QED) is 0.172. The molecule has 0 amide bonds. The van der Waals surface area contributed by atoms with Gasteiger partial charge in [0.25, 0.3) is 0 Å². The van der Waals surface area contributed by atoms with Crippen LogP contribution in [0.25, 0.3) is 106 Å². The van der Waals surface area contributed by atoms with E-state index >= 15 is 0 Å². The zero-order chi connectivity index (χ0) is 37.0. The minimum Gasteiger partial charge on any atom is -0.456 e. The fourth-order valence-corrected chi connectivity index (χ4v) is 8.00. The van der Waals surface area contributed by atoms with Gasteiger partial charge in [0, 0.05) is 43.9 Å². The Kier molecular flexibility index (Phi) is 7.42. The molecule has 5 nitrogen and oxygen atoms in total. The van der Waals surface area contributed by atoms with Crippen molar-refractivity contribution in [3.63, 3.8) is 0 Å². The van der Waals surface area contributed by atoms with Gasteiger partial charge in [0.2, 0.25) is 0 Å². The third-order valence-corrected chi connectivity index (χ3v) is 10.7. The molecule has 0 N–H and O–H groups in total. The van der Waals surface area contributed by atoms with Crippen molar-refractivity contribution in [1.29, 1.82) is 0 Å². The van der Waals surface area contributed by atoms with Crippen molar-refractivity contribution in [3.8, 4) is 62.1 Å². The second kappa shape index (κ2) is 13.0. The Balaban J connectivity index is 1.05. The number of hydrogen-bond acceptors (Lipinski definition) is 4. The van der Waals surface area contributed by atoms with Crippen molar-refractivity contribution < 1.29 is 4.42 Å². The molecule has 8 aromatic carbocycles. The van der Waals surface area contributed by atoms with Crippen LogP contribution >= 0.6 is 0 Å². The lowest BCUT2D eigenvalue weighted by atomic mass is 9.94. The van der Waals surface area contributed by atoms with Gasteiger partial charge in [0.15, 0.2) is 17.5 Å². The van der Waals surface area contributed by atoms with Gasteiger partial charge >= 0.3 is 0 Å². The van der Waals surface area contributed by atoms with Gasteiger partial charge in [0.1, 0.15) is 11.2 Å². The van der Waals surface area contributed by atoms with Crippen LogP contribution in [0, 0.1) is 0 Å². The molecule has 262 valence electrons. The molecule has 0 atom stereocenters. The summed E-state index contributed by atoms with van der Waals surface area (Å²) in [5.74, 6) is 1.80. The molecule has 0 saturated carbocycles. The number of nitrogens with zero attached hydrogens (tertiary/aromatic N) is 4. The van der Waals surface area contributed by atoms with E-state index < -0.39 is 0 Å². The molecule has 0 fully saturated rings. The first kappa shape index (κ1) is 31.9. The first-order valence-electron chi connectivity index (χ1n) is 18.8. The maximum atomic E-state index is 6.51. The highest BCUT2D eigenvalue weighted by molar-refractivity contribution is 6.10. The van der Waals surface area contributed by atoms with Crippen LogP contribution in [-0.2, 0) is 0 Å². The fourth-order valence-electron chi connectivity index (χ4n) is 8.00. The van der Waals surface area contributed by atoms with E-state index in [0.29, 0.717) is 17.5 Å². The van der Waals surface area contributed by atoms with Crippen LogP contribution in [0.1, 0.15) is 0 Å². The van der Waals surface area contributed by atoms with Crippen LogP contribution < -0.4 is 0 Å². The lowest BCUT2D eigenvalue weighted by Gasteiger charge is -2.10. The van der Waals surface area contributed by atoms with Crippen molar-refractivity contribution in [3.05, 3.63) is 194 Å². The second-order valence-electron chi connectivity index (χ2n) is 14.0. The maximum Gasteiger partial charge on any atom is 0.164 e. The molecule has 0 aliphatic carbocycles. The van der Waals surface area contributed by atoms with Crippen LogP contribution in [0.15, 0.2) is 199 Å². The largest absolute Gasteiger partial charge is 0.456 e. The SMILES string of the molecule is c1ccc(-c2nc(-c3ccc4c(c3)oc3ccc(-c5ccccc5-c5ccccc5)cc34)nc(-c3ccc4c5ccccc5n(-c5ccccc5)c4c3)n2)cc1. The average Bonchev–Trinajstić information content (AvgIpc) is 3.81. The Hall–Kier alpha value is -7.63. The second-order valence-corrected chi connectivity index (χ2v) is 14.0. The first-order chi connectivity index (χ1) is 27.7. The van der Waals surface area contributed by atoms with Crippen LogP contribution in [0.3, 0.4) is 0 Å². The summed E-state index contributed by atoms with van der Waals surface area (Å²) in [7, 11) is 0. The monoisotopic (exact) mass is 716 g/mol. The molecule has 5 heteroatoms. The number of rotatable bonds is 6. The zero-order valence-electron chi connectivity index (χ0n) is 30.2. The smallest absolute Gasteiger partial charge is 0.164 e. The van der Waals surface area contributed by atoms with E-state index in [9.17, 15) is 0 Å². The van der Waals surface area contributed by atoms with Gasteiger partial charge < -0.3 is 8.98 Å². The highest BCUT2D eigenvalue weighted by Crippen LogP contribution is 2.39. The predicted molar refractivity (Wildman–Crippen MR) is 229 cm³/mol. The Morgan fingerprint density at radius 3 is 1.59 bits per heavy atom. The number of fused-ring (bicyclic) bond motifs is 6. The van der Waals surface area contributed by atoms with Crippen LogP contribution in [-0.4, -0.2) is 19.5 Å². The Morgan fingerprint density at radius 2 is 0.857 bits per heavy atom. The molecule has 0 radical (unpaired) electrons. The van der Waals surface area contributed by atoms with Crippen molar-refractivity contribution in [2.45, 2.75) is 0 Å². The molecule has 11 aromatic rings. The van der Waals surface area contributed by atoms with Gasteiger partial charge in [0.05, 0.1) is 11.0 Å². The molecular weight excluding hydrogens is 685 g/mol. The molecule has 3 aromatic heterocycles. The van der Waals surface area contributed by atoms with E-state index in [-0.39, 0.29) is 0 Å². The van der Waals surface area contributed by atoms with E-state index in [2.05, 4.69) is 162 Å². The number of hydrogen-bond donors (Lipinski definition) is 0. The van der Waals surface area contributed by atoms with Gasteiger partial charge in [-0.3, -0.25) is 0 Å². The summed E-state index contributed by atoms with van der Waals surface area (Å²) in [5, 5.41) is 4.48.